The first-order valence-corrected chi connectivity index (χ1v) is 25.7. The fourth-order valence-electron chi connectivity index (χ4n) is 8.04. The molecule has 0 fully saturated rings. The van der Waals surface area contributed by atoms with E-state index in [1.807, 2.05) is 42.5 Å². The Balaban J connectivity index is 1.51. The van der Waals surface area contributed by atoms with Crippen LogP contribution in [0.3, 0.4) is 0 Å². The number of carboxylic acids is 4. The van der Waals surface area contributed by atoms with E-state index in [-0.39, 0.29) is 0 Å². The van der Waals surface area contributed by atoms with Crippen LogP contribution >= 0.6 is 38.6 Å². The lowest BCUT2D eigenvalue weighted by Gasteiger charge is -2.26. The van der Waals surface area contributed by atoms with Gasteiger partial charge in [0.1, 0.15) is 11.1 Å². The van der Waals surface area contributed by atoms with Crippen molar-refractivity contribution in [3.05, 3.63) is 122 Å². The summed E-state index contributed by atoms with van der Waals surface area (Å²) in [5.74, 6) is -5.95. The standard InChI is InChI=1S/C54H62BrNO8S2/c1-3-5-7-9-11-13-15-17-19-39-34-45(36-47(53(61)62)54(63)64)65-50(39)48-35-40(20-18-16-14-12-10-8-6-4-2)49(66-48)38-23-29-43(30-24-38)56(44-31-25-41(55)26-32-44)42-27-21-37(22-28-42)33-46(51(57)58)52(59)60/h21-36H,3-20H2,1-2H3,(H,57,58)(H,59,60)(H,61,62)(H,63,64). The largest absolute Gasteiger partial charge is 0.477 e. The summed E-state index contributed by atoms with van der Waals surface area (Å²) in [5.41, 5.74) is 5.08. The third kappa shape index (κ3) is 15.4. The monoisotopic (exact) mass is 995 g/mol. The highest BCUT2D eigenvalue weighted by atomic mass is 79.9. The maximum atomic E-state index is 11.9. The van der Waals surface area contributed by atoms with E-state index in [4.69, 9.17) is 0 Å². The number of hydrogen-bond acceptors (Lipinski definition) is 7. The molecule has 350 valence electrons. The number of nitrogens with zero attached hydrogens (tertiary/aromatic N) is 1. The number of carbonyl (C=O) groups is 4. The van der Waals surface area contributed by atoms with E-state index in [0.717, 1.165) is 87.0 Å². The molecule has 12 heteroatoms. The Morgan fingerprint density at radius 3 is 1.38 bits per heavy atom. The van der Waals surface area contributed by atoms with Crippen LogP contribution in [-0.4, -0.2) is 44.3 Å². The number of rotatable bonds is 29. The fourth-order valence-corrected chi connectivity index (χ4v) is 10.8. The van der Waals surface area contributed by atoms with Gasteiger partial charge in [-0.15, -0.1) is 22.7 Å². The van der Waals surface area contributed by atoms with Gasteiger partial charge in [-0.3, -0.25) is 0 Å². The Bertz CT molecular complexity index is 2400. The Morgan fingerprint density at radius 2 is 0.909 bits per heavy atom. The van der Waals surface area contributed by atoms with Crippen LogP contribution in [-0.2, 0) is 32.0 Å². The van der Waals surface area contributed by atoms with Crippen LogP contribution in [0, 0.1) is 0 Å². The number of thiophene rings is 2. The molecule has 4 N–H and O–H groups in total. The van der Waals surface area contributed by atoms with Crippen molar-refractivity contribution in [3.8, 4) is 20.2 Å². The number of halogens is 1. The van der Waals surface area contributed by atoms with Crippen molar-refractivity contribution in [2.24, 2.45) is 0 Å². The van der Waals surface area contributed by atoms with Crippen molar-refractivity contribution in [2.75, 3.05) is 4.90 Å². The Morgan fingerprint density at radius 1 is 0.500 bits per heavy atom. The first-order chi connectivity index (χ1) is 31.9. The molecule has 5 rings (SSSR count). The second-order valence-corrected chi connectivity index (χ2v) is 19.8. The molecule has 0 amide bonds. The number of aryl methyl sites for hydroxylation is 2. The lowest BCUT2D eigenvalue weighted by Crippen LogP contribution is -2.11. The van der Waals surface area contributed by atoms with Crippen LogP contribution in [0.15, 0.2) is 101 Å². The minimum atomic E-state index is -1.51. The highest BCUT2D eigenvalue weighted by Crippen LogP contribution is 2.45. The van der Waals surface area contributed by atoms with Gasteiger partial charge in [0.25, 0.3) is 0 Å². The van der Waals surface area contributed by atoms with Crippen LogP contribution in [0.1, 0.15) is 138 Å². The molecule has 0 saturated heterocycles. The Kier molecular flexibility index (Phi) is 20.9. The summed E-state index contributed by atoms with van der Waals surface area (Å²) in [6.07, 6.45) is 23.4. The van der Waals surface area contributed by atoms with Gasteiger partial charge in [-0.05, 0) is 121 Å². The molecular formula is C54H62BrNO8S2. The molecule has 0 aliphatic carbocycles. The van der Waals surface area contributed by atoms with Gasteiger partial charge in [0.05, 0.1) is 0 Å². The molecule has 0 unspecified atom stereocenters. The predicted octanol–water partition coefficient (Wildman–Crippen LogP) is 15.8. The quantitative estimate of drug-likeness (QED) is 0.0159. The van der Waals surface area contributed by atoms with Crippen LogP contribution in [0.2, 0.25) is 0 Å². The zero-order chi connectivity index (χ0) is 47.4. The van der Waals surface area contributed by atoms with E-state index in [0.29, 0.717) is 10.4 Å². The summed E-state index contributed by atoms with van der Waals surface area (Å²) >= 11 is 6.73. The molecule has 66 heavy (non-hydrogen) atoms. The normalized spacial score (nSPS) is 11.0. The van der Waals surface area contributed by atoms with Crippen molar-refractivity contribution >= 4 is 91.7 Å². The van der Waals surface area contributed by atoms with Crippen LogP contribution < -0.4 is 4.90 Å². The van der Waals surface area contributed by atoms with Gasteiger partial charge >= 0.3 is 23.9 Å². The fraction of sp³-hybridized carbons (Fsp3) is 0.370. The summed E-state index contributed by atoms with van der Waals surface area (Å²) in [7, 11) is 0. The van der Waals surface area contributed by atoms with Crippen LogP contribution in [0.25, 0.3) is 32.3 Å². The highest BCUT2D eigenvalue weighted by Gasteiger charge is 2.22. The Labute approximate surface area is 405 Å². The smallest absolute Gasteiger partial charge is 0.343 e. The number of carboxylic acid groups (broad SMARTS) is 4. The molecule has 3 aromatic carbocycles. The van der Waals surface area contributed by atoms with E-state index in [1.54, 1.807) is 23.5 Å². The van der Waals surface area contributed by atoms with Crippen LogP contribution in [0.4, 0.5) is 17.1 Å². The predicted molar refractivity (Wildman–Crippen MR) is 275 cm³/mol. The first-order valence-electron chi connectivity index (χ1n) is 23.3. The molecule has 2 heterocycles. The molecule has 5 aromatic rings. The van der Waals surface area contributed by atoms with E-state index < -0.39 is 35.0 Å². The second kappa shape index (κ2) is 26.7. The van der Waals surface area contributed by atoms with Crippen molar-refractivity contribution < 1.29 is 39.6 Å². The van der Waals surface area contributed by atoms with E-state index in [1.165, 1.54) is 105 Å². The molecule has 2 aromatic heterocycles. The topological polar surface area (TPSA) is 152 Å². The molecular weight excluding hydrogens is 935 g/mol. The zero-order valence-electron chi connectivity index (χ0n) is 38.0. The van der Waals surface area contributed by atoms with Gasteiger partial charge in [-0.2, -0.15) is 0 Å². The van der Waals surface area contributed by atoms with Crippen molar-refractivity contribution in [2.45, 2.75) is 129 Å². The summed E-state index contributed by atoms with van der Waals surface area (Å²) in [6, 6.07) is 27.7. The summed E-state index contributed by atoms with van der Waals surface area (Å²) in [5, 5.41) is 38.2. The number of hydrogen-bond donors (Lipinski definition) is 4. The molecule has 0 radical (unpaired) electrons. The maximum absolute atomic E-state index is 11.9. The maximum Gasteiger partial charge on any atom is 0.343 e. The number of anilines is 3. The third-order valence-electron chi connectivity index (χ3n) is 11.6. The molecule has 9 nitrogen and oxygen atoms in total. The average Bonchev–Trinajstić information content (AvgIpc) is 3.91. The van der Waals surface area contributed by atoms with Crippen molar-refractivity contribution in [1.29, 1.82) is 0 Å². The van der Waals surface area contributed by atoms with Crippen LogP contribution in [0.5, 0.6) is 0 Å². The van der Waals surface area contributed by atoms with Crippen molar-refractivity contribution in [1.82, 2.24) is 0 Å². The van der Waals surface area contributed by atoms with Gasteiger partial charge in [-0.1, -0.05) is 144 Å². The minimum absolute atomic E-state index is 0.446. The molecule has 0 bridgehead atoms. The third-order valence-corrected chi connectivity index (χ3v) is 14.7. The summed E-state index contributed by atoms with van der Waals surface area (Å²) < 4.78 is 0.925. The van der Waals surface area contributed by atoms with E-state index >= 15 is 0 Å². The van der Waals surface area contributed by atoms with E-state index in [9.17, 15) is 39.6 Å². The summed E-state index contributed by atoms with van der Waals surface area (Å²) in [4.78, 5) is 52.9. The molecule has 0 atom stereocenters. The average molecular weight is 997 g/mol. The van der Waals surface area contributed by atoms with Gasteiger partial charge < -0.3 is 25.3 Å². The zero-order valence-corrected chi connectivity index (χ0v) is 41.2. The van der Waals surface area contributed by atoms with E-state index in [2.05, 4.69) is 65.0 Å². The van der Waals surface area contributed by atoms with Gasteiger partial charge in [0.2, 0.25) is 0 Å². The lowest BCUT2D eigenvalue weighted by molar-refractivity contribution is -0.142. The summed E-state index contributed by atoms with van der Waals surface area (Å²) in [6.45, 7) is 4.46. The van der Waals surface area contributed by atoms with Gasteiger partial charge in [-0.25, -0.2) is 19.2 Å². The lowest BCUT2D eigenvalue weighted by atomic mass is 10.0. The minimum Gasteiger partial charge on any atom is -0.477 e. The molecule has 0 spiro atoms. The molecule has 0 aliphatic rings. The van der Waals surface area contributed by atoms with Gasteiger partial charge in [0.15, 0.2) is 0 Å². The molecule has 0 saturated carbocycles. The highest BCUT2D eigenvalue weighted by molar-refractivity contribution is 9.10. The number of benzene rings is 3. The van der Waals surface area contributed by atoms with Crippen molar-refractivity contribution in [3.63, 3.8) is 0 Å². The first kappa shape index (κ1) is 51.7. The molecule has 0 aliphatic heterocycles. The SMILES string of the molecule is CCCCCCCCCCc1cc(-c2sc(C=C(C(=O)O)C(=O)O)cc2CCCCCCCCCC)sc1-c1ccc(N(c2ccc(Br)cc2)c2ccc(C=C(C(=O)O)C(=O)O)cc2)cc1. The Hall–Kier alpha value is -5.30. The number of aliphatic carboxylic acids is 4. The van der Waals surface area contributed by atoms with Gasteiger partial charge in [0, 0.05) is 41.0 Å². The second-order valence-electron chi connectivity index (χ2n) is 16.7. The number of unbranched alkanes of at least 4 members (excludes halogenated alkanes) is 14.